The Balaban J connectivity index is 1.56. The van der Waals surface area contributed by atoms with Crippen molar-refractivity contribution in [1.29, 1.82) is 0 Å². The third-order valence-electron chi connectivity index (χ3n) is 5.10. The lowest BCUT2D eigenvalue weighted by Crippen LogP contribution is -2.36. The van der Waals surface area contributed by atoms with Gasteiger partial charge in [-0.2, -0.15) is 0 Å². The molecule has 31 heavy (non-hydrogen) atoms. The molecule has 0 unspecified atom stereocenters. The number of nitrogens with zero attached hydrogens (tertiary/aromatic N) is 2. The zero-order valence-corrected chi connectivity index (χ0v) is 17.4. The third kappa shape index (κ3) is 3.84. The number of anilines is 1. The molecule has 4 rings (SSSR count). The molecule has 1 aromatic heterocycles. The molecule has 3 aromatic rings. The first-order valence-electron chi connectivity index (χ1n) is 9.30. The van der Waals surface area contributed by atoms with Crippen LogP contribution in [0.15, 0.2) is 47.4 Å². The van der Waals surface area contributed by atoms with E-state index >= 15 is 0 Å². The van der Waals surface area contributed by atoms with Crippen LogP contribution in [0.2, 0.25) is 0 Å². The monoisotopic (exact) mass is 441 g/mol. The van der Waals surface area contributed by atoms with E-state index < -0.39 is 35.2 Å². The van der Waals surface area contributed by atoms with Crippen LogP contribution in [-0.4, -0.2) is 33.1 Å². The largest absolute Gasteiger partial charge is 0.347 e. The number of amides is 3. The number of aryl methyl sites for hydroxylation is 1. The molecule has 1 aliphatic heterocycles. The van der Waals surface area contributed by atoms with E-state index in [0.29, 0.717) is 6.07 Å². The lowest BCUT2D eigenvalue weighted by molar-refractivity contribution is -0.127. The van der Waals surface area contributed by atoms with E-state index in [-0.39, 0.29) is 10.6 Å². The number of halogens is 2. The molecule has 0 saturated carbocycles. The van der Waals surface area contributed by atoms with Crippen molar-refractivity contribution in [2.75, 3.05) is 11.9 Å². The maximum absolute atomic E-state index is 13.7. The average molecular weight is 441 g/mol. The molecule has 3 amide bonds. The van der Waals surface area contributed by atoms with Gasteiger partial charge in [-0.15, -0.1) is 0 Å². The Morgan fingerprint density at radius 1 is 1.16 bits per heavy atom. The van der Waals surface area contributed by atoms with Crippen LogP contribution in [0.4, 0.5) is 19.3 Å². The smallest absolute Gasteiger partial charge is 0.294 e. The Bertz CT molecular complexity index is 1280. The predicted molar refractivity (Wildman–Crippen MR) is 115 cm³/mol. The molecule has 1 saturated heterocycles. The summed E-state index contributed by atoms with van der Waals surface area (Å²) < 4.78 is 28.7. The number of carbonyl (C=O) groups excluding carboxylic acids is 3. The molecule has 0 radical (unpaired) electrons. The maximum Gasteiger partial charge on any atom is 0.294 e. The molecule has 0 bridgehead atoms. The van der Waals surface area contributed by atoms with Gasteiger partial charge in [-0.05, 0) is 43.0 Å². The molecular formula is C22H17F2N3O3S. The molecule has 1 aliphatic rings. The van der Waals surface area contributed by atoms with Crippen LogP contribution in [0.1, 0.15) is 11.3 Å². The number of hydrogen-bond acceptors (Lipinski definition) is 4. The second-order valence-electron chi connectivity index (χ2n) is 7.02. The molecule has 0 atom stereocenters. The van der Waals surface area contributed by atoms with E-state index in [2.05, 4.69) is 5.32 Å². The number of carbonyl (C=O) groups is 3. The number of fused-ring (bicyclic) bond motifs is 1. The number of thioether (sulfide) groups is 1. The van der Waals surface area contributed by atoms with Gasteiger partial charge in [0.1, 0.15) is 18.2 Å². The fourth-order valence-electron chi connectivity index (χ4n) is 3.42. The highest BCUT2D eigenvalue weighted by Crippen LogP contribution is 2.35. The van der Waals surface area contributed by atoms with Gasteiger partial charge >= 0.3 is 0 Å². The predicted octanol–water partition coefficient (Wildman–Crippen LogP) is 4.44. The minimum Gasteiger partial charge on any atom is -0.347 e. The summed E-state index contributed by atoms with van der Waals surface area (Å²) in [6.45, 7) is 1.34. The number of rotatable bonds is 4. The number of aromatic nitrogens is 1. The molecule has 2 heterocycles. The van der Waals surface area contributed by atoms with E-state index in [1.807, 2.05) is 42.8 Å². The van der Waals surface area contributed by atoms with Crippen molar-refractivity contribution < 1.29 is 23.2 Å². The lowest BCUT2D eigenvalue weighted by atomic mass is 10.1. The molecule has 0 aliphatic carbocycles. The third-order valence-corrected chi connectivity index (χ3v) is 6.01. The Morgan fingerprint density at radius 2 is 1.90 bits per heavy atom. The van der Waals surface area contributed by atoms with Gasteiger partial charge < -0.3 is 9.88 Å². The zero-order valence-electron chi connectivity index (χ0n) is 16.6. The molecule has 0 spiro atoms. The van der Waals surface area contributed by atoms with E-state index in [9.17, 15) is 23.2 Å². The quantitative estimate of drug-likeness (QED) is 0.608. The van der Waals surface area contributed by atoms with Crippen molar-refractivity contribution in [3.8, 4) is 0 Å². The van der Waals surface area contributed by atoms with Crippen LogP contribution >= 0.6 is 11.8 Å². The Hall–Kier alpha value is -3.46. The van der Waals surface area contributed by atoms with Gasteiger partial charge in [-0.25, -0.2) is 8.78 Å². The lowest BCUT2D eigenvalue weighted by Gasteiger charge is -2.12. The van der Waals surface area contributed by atoms with Crippen LogP contribution in [0.3, 0.4) is 0 Å². The normalized spacial score (nSPS) is 15.4. The summed E-state index contributed by atoms with van der Waals surface area (Å²) >= 11 is 0.742. The van der Waals surface area contributed by atoms with Crippen LogP contribution in [0.5, 0.6) is 0 Å². The summed E-state index contributed by atoms with van der Waals surface area (Å²) in [4.78, 5) is 38.4. The molecule has 1 N–H and O–H groups in total. The van der Waals surface area contributed by atoms with E-state index in [0.717, 1.165) is 51.0 Å². The molecular weight excluding hydrogens is 424 g/mol. The molecule has 158 valence electrons. The maximum atomic E-state index is 13.7. The summed E-state index contributed by atoms with van der Waals surface area (Å²) in [6.07, 6.45) is 1.65. The summed E-state index contributed by atoms with van der Waals surface area (Å²) in [5.74, 6) is -3.10. The van der Waals surface area contributed by atoms with Crippen molar-refractivity contribution in [1.82, 2.24) is 9.47 Å². The second kappa shape index (κ2) is 7.99. The van der Waals surface area contributed by atoms with Crippen LogP contribution < -0.4 is 5.32 Å². The first-order valence-corrected chi connectivity index (χ1v) is 10.1. The van der Waals surface area contributed by atoms with E-state index in [1.165, 1.54) is 0 Å². The molecule has 1 fully saturated rings. The second-order valence-corrected chi connectivity index (χ2v) is 8.01. The van der Waals surface area contributed by atoms with Crippen molar-refractivity contribution in [2.24, 2.45) is 7.05 Å². The molecule has 9 heteroatoms. The van der Waals surface area contributed by atoms with Gasteiger partial charge in [0.15, 0.2) is 0 Å². The highest BCUT2D eigenvalue weighted by molar-refractivity contribution is 8.18. The number of imide groups is 1. The van der Waals surface area contributed by atoms with Crippen LogP contribution in [-0.2, 0) is 16.6 Å². The SMILES string of the molecule is Cc1c(C=C2SC(=O)N(CC(=O)Nc3ccc(F)cc3F)C2=O)c2ccccc2n1C. The first-order chi connectivity index (χ1) is 14.8. The standard InChI is InChI=1S/C22H17F2N3O3S/c1-12-15(14-5-3-4-6-18(14)26(12)2)10-19-21(29)27(22(30)31-19)11-20(28)25-17-8-7-13(23)9-16(17)24/h3-10H,11H2,1-2H3,(H,25,28). The molecule has 6 nitrogen and oxygen atoms in total. The van der Waals surface area contributed by atoms with Gasteiger partial charge in [0.2, 0.25) is 5.91 Å². The highest BCUT2D eigenvalue weighted by atomic mass is 32.2. The number of benzene rings is 2. The van der Waals surface area contributed by atoms with Crippen molar-refractivity contribution >= 4 is 51.5 Å². The summed E-state index contributed by atoms with van der Waals surface area (Å²) in [7, 11) is 1.92. The van der Waals surface area contributed by atoms with Gasteiger partial charge in [-0.1, -0.05) is 18.2 Å². The minimum atomic E-state index is -0.950. The Morgan fingerprint density at radius 3 is 2.65 bits per heavy atom. The Labute approximate surface area is 180 Å². The van der Waals surface area contributed by atoms with E-state index in [4.69, 9.17) is 0 Å². The summed E-state index contributed by atoms with van der Waals surface area (Å²) in [5.41, 5.74) is 2.51. The van der Waals surface area contributed by atoms with Crippen molar-refractivity contribution in [3.63, 3.8) is 0 Å². The van der Waals surface area contributed by atoms with Crippen LogP contribution in [0, 0.1) is 18.6 Å². The fraction of sp³-hybridized carbons (Fsp3) is 0.136. The van der Waals surface area contributed by atoms with Crippen molar-refractivity contribution in [3.05, 3.63) is 70.3 Å². The minimum absolute atomic E-state index is 0.199. The Kier molecular flexibility index (Phi) is 5.36. The fourth-order valence-corrected chi connectivity index (χ4v) is 4.24. The highest BCUT2D eigenvalue weighted by Gasteiger charge is 2.36. The summed E-state index contributed by atoms with van der Waals surface area (Å²) in [6, 6.07) is 10.4. The zero-order chi connectivity index (χ0) is 22.3. The van der Waals surface area contributed by atoms with Gasteiger partial charge in [-0.3, -0.25) is 19.3 Å². The number of hydrogen-bond donors (Lipinski definition) is 1. The average Bonchev–Trinajstić information content (AvgIpc) is 3.13. The van der Waals surface area contributed by atoms with E-state index in [1.54, 1.807) is 6.08 Å². The topological polar surface area (TPSA) is 71.4 Å². The first kappa shape index (κ1) is 20.8. The molecule has 2 aromatic carbocycles. The summed E-state index contributed by atoms with van der Waals surface area (Å²) in [5, 5.41) is 2.60. The van der Waals surface area contributed by atoms with Crippen molar-refractivity contribution in [2.45, 2.75) is 6.92 Å². The van der Waals surface area contributed by atoms with Gasteiger partial charge in [0.25, 0.3) is 11.1 Å². The van der Waals surface area contributed by atoms with Gasteiger partial charge in [0, 0.05) is 35.3 Å². The van der Waals surface area contributed by atoms with Crippen LogP contribution in [0.25, 0.3) is 17.0 Å². The number of nitrogens with one attached hydrogen (secondary N) is 1. The van der Waals surface area contributed by atoms with Gasteiger partial charge in [0.05, 0.1) is 10.6 Å². The number of para-hydroxylation sites is 1.